The predicted molar refractivity (Wildman–Crippen MR) is 150 cm³/mol. The monoisotopic (exact) mass is 539 g/mol. The Morgan fingerprint density at radius 3 is 2.32 bits per heavy atom. The normalized spacial score (nSPS) is 12.1. The molecule has 3 aromatic rings. The van der Waals surface area contributed by atoms with E-state index in [0.717, 1.165) is 42.5 Å². The smallest absolute Gasteiger partial charge is 0.335 e. The Labute approximate surface area is 225 Å². The molecule has 0 spiro atoms. The van der Waals surface area contributed by atoms with Gasteiger partial charge in [0.1, 0.15) is 21.8 Å². The fourth-order valence-electron chi connectivity index (χ4n) is 4.37. The van der Waals surface area contributed by atoms with Crippen molar-refractivity contribution in [3.63, 3.8) is 0 Å². The molecule has 204 valence electrons. The first-order chi connectivity index (χ1) is 18.3. The first kappa shape index (κ1) is 29.0. The molecule has 0 amide bonds. The van der Waals surface area contributed by atoms with E-state index in [2.05, 4.69) is 12.2 Å². The van der Waals surface area contributed by atoms with Crippen molar-refractivity contribution in [1.82, 2.24) is 0 Å². The van der Waals surface area contributed by atoms with Crippen LogP contribution in [0.4, 0.5) is 5.69 Å². The molecule has 3 aromatic carbocycles. The van der Waals surface area contributed by atoms with Gasteiger partial charge in [0.15, 0.2) is 0 Å². The van der Waals surface area contributed by atoms with Crippen LogP contribution < -0.4 is 14.8 Å². The third kappa shape index (κ3) is 7.51. The highest BCUT2D eigenvalue weighted by molar-refractivity contribution is 7.92. The second-order valence-corrected chi connectivity index (χ2v) is 11.3. The van der Waals surface area contributed by atoms with Crippen molar-refractivity contribution in [3.8, 4) is 11.5 Å². The van der Waals surface area contributed by atoms with Crippen molar-refractivity contribution in [2.24, 2.45) is 0 Å². The quantitative estimate of drug-likeness (QED) is 0.216. The van der Waals surface area contributed by atoms with Crippen LogP contribution in [-0.4, -0.2) is 39.1 Å². The van der Waals surface area contributed by atoms with Crippen LogP contribution in [0.3, 0.4) is 0 Å². The number of ether oxygens (including phenoxy) is 2. The highest BCUT2D eigenvalue weighted by Gasteiger charge is 2.31. The molecule has 0 fully saturated rings. The Kier molecular flexibility index (Phi) is 10.6. The van der Waals surface area contributed by atoms with E-state index < -0.39 is 21.2 Å². The van der Waals surface area contributed by atoms with Crippen LogP contribution in [0.2, 0.25) is 0 Å². The van der Waals surface area contributed by atoms with Gasteiger partial charge in [0, 0.05) is 11.8 Å². The molecular formula is C30H37NO6S. The zero-order valence-corrected chi connectivity index (χ0v) is 23.1. The van der Waals surface area contributed by atoms with Crippen LogP contribution in [0.1, 0.15) is 60.5 Å². The number of unbranched alkanes of at least 4 members (excludes halogenated alkanes) is 3. The molecule has 38 heavy (non-hydrogen) atoms. The molecule has 1 atom stereocenters. The minimum absolute atomic E-state index is 0.100. The molecule has 0 aliphatic heterocycles. The fourth-order valence-corrected chi connectivity index (χ4v) is 6.14. The summed E-state index contributed by atoms with van der Waals surface area (Å²) < 4.78 is 38.7. The Hall–Kier alpha value is -3.52. The van der Waals surface area contributed by atoms with Crippen LogP contribution in [-0.2, 0) is 22.7 Å². The van der Waals surface area contributed by atoms with E-state index >= 15 is 0 Å². The van der Waals surface area contributed by atoms with Crippen molar-refractivity contribution in [1.29, 1.82) is 0 Å². The summed E-state index contributed by atoms with van der Waals surface area (Å²) in [6, 6.07) is 19.4. The van der Waals surface area contributed by atoms with E-state index in [-0.39, 0.29) is 16.2 Å². The van der Waals surface area contributed by atoms with E-state index in [1.165, 1.54) is 20.3 Å². The van der Waals surface area contributed by atoms with Gasteiger partial charge in [-0.1, -0.05) is 62.9 Å². The van der Waals surface area contributed by atoms with Crippen molar-refractivity contribution < 1.29 is 27.8 Å². The topological polar surface area (TPSA) is 102 Å². The van der Waals surface area contributed by atoms with E-state index in [1.54, 1.807) is 24.3 Å². The van der Waals surface area contributed by atoms with E-state index in [0.29, 0.717) is 25.0 Å². The van der Waals surface area contributed by atoms with Gasteiger partial charge in [-0.15, -0.1) is 0 Å². The SMILES string of the molecule is CCCCCCC(Nc1ccccc1CCc1ccc(C(=O)O)cc1)S(=O)(=O)c1cc(OC)ccc1OC. The van der Waals surface area contributed by atoms with E-state index in [4.69, 9.17) is 14.6 Å². The molecule has 0 bridgehead atoms. The zero-order chi connectivity index (χ0) is 27.5. The summed E-state index contributed by atoms with van der Waals surface area (Å²) in [6.45, 7) is 2.12. The minimum Gasteiger partial charge on any atom is -0.497 e. The molecule has 1 unspecified atom stereocenters. The van der Waals surface area contributed by atoms with Gasteiger partial charge in [0.25, 0.3) is 0 Å². The number of aryl methyl sites for hydroxylation is 2. The summed E-state index contributed by atoms with van der Waals surface area (Å²) in [7, 11) is -0.865. The second kappa shape index (κ2) is 13.9. The molecule has 3 rings (SSSR count). The van der Waals surface area contributed by atoms with Crippen LogP contribution in [0.25, 0.3) is 0 Å². The number of carboxylic acid groups (broad SMARTS) is 1. The number of para-hydroxylation sites is 1. The van der Waals surface area contributed by atoms with Gasteiger partial charge in [-0.3, -0.25) is 0 Å². The fraction of sp³-hybridized carbons (Fsp3) is 0.367. The van der Waals surface area contributed by atoms with Crippen LogP contribution in [0.15, 0.2) is 71.6 Å². The minimum atomic E-state index is -3.83. The number of methoxy groups -OCH3 is 2. The molecule has 8 heteroatoms. The summed E-state index contributed by atoms with van der Waals surface area (Å²) in [4.78, 5) is 11.2. The molecule has 0 saturated heterocycles. The van der Waals surface area contributed by atoms with Crippen molar-refractivity contribution in [2.75, 3.05) is 19.5 Å². The Balaban J connectivity index is 1.88. The summed E-state index contributed by atoms with van der Waals surface area (Å²) >= 11 is 0. The summed E-state index contributed by atoms with van der Waals surface area (Å²) in [5.41, 5.74) is 3.01. The molecule has 7 nitrogen and oxygen atoms in total. The summed E-state index contributed by atoms with van der Waals surface area (Å²) in [6.07, 6.45) is 5.64. The average molecular weight is 540 g/mol. The number of carbonyl (C=O) groups is 1. The largest absolute Gasteiger partial charge is 0.497 e. The number of anilines is 1. The first-order valence-corrected chi connectivity index (χ1v) is 14.5. The lowest BCUT2D eigenvalue weighted by Crippen LogP contribution is -2.30. The average Bonchev–Trinajstić information content (AvgIpc) is 2.93. The van der Waals surface area contributed by atoms with Gasteiger partial charge in [0.2, 0.25) is 9.84 Å². The van der Waals surface area contributed by atoms with Gasteiger partial charge in [-0.05, 0) is 60.7 Å². The van der Waals surface area contributed by atoms with Gasteiger partial charge in [-0.2, -0.15) is 0 Å². The number of hydrogen-bond acceptors (Lipinski definition) is 6. The lowest BCUT2D eigenvalue weighted by atomic mass is 10.0. The highest BCUT2D eigenvalue weighted by atomic mass is 32.2. The van der Waals surface area contributed by atoms with Gasteiger partial charge in [-0.25, -0.2) is 13.2 Å². The van der Waals surface area contributed by atoms with E-state index in [1.807, 2.05) is 36.4 Å². The summed E-state index contributed by atoms with van der Waals surface area (Å²) in [5, 5.41) is 11.6. The number of aromatic carboxylic acids is 1. The number of nitrogens with one attached hydrogen (secondary N) is 1. The number of hydrogen-bond donors (Lipinski definition) is 2. The summed E-state index contributed by atoms with van der Waals surface area (Å²) in [5.74, 6) is -0.224. The molecule has 2 N–H and O–H groups in total. The third-order valence-electron chi connectivity index (χ3n) is 6.59. The van der Waals surface area contributed by atoms with Gasteiger partial charge >= 0.3 is 5.97 Å². The third-order valence-corrected chi connectivity index (χ3v) is 8.62. The molecule has 0 heterocycles. The highest BCUT2D eigenvalue weighted by Crippen LogP contribution is 2.33. The Morgan fingerprint density at radius 2 is 1.66 bits per heavy atom. The number of sulfone groups is 1. The van der Waals surface area contributed by atoms with Crippen LogP contribution in [0, 0.1) is 0 Å². The van der Waals surface area contributed by atoms with Crippen molar-refractivity contribution in [2.45, 2.75) is 62.1 Å². The molecule has 0 aliphatic carbocycles. The van der Waals surface area contributed by atoms with Crippen LogP contribution >= 0.6 is 0 Å². The lowest BCUT2D eigenvalue weighted by Gasteiger charge is -2.23. The number of benzene rings is 3. The van der Waals surface area contributed by atoms with Crippen LogP contribution in [0.5, 0.6) is 11.5 Å². The second-order valence-electron chi connectivity index (χ2n) is 9.20. The Morgan fingerprint density at radius 1 is 0.921 bits per heavy atom. The molecule has 0 saturated carbocycles. The van der Waals surface area contributed by atoms with E-state index in [9.17, 15) is 13.2 Å². The lowest BCUT2D eigenvalue weighted by molar-refractivity contribution is 0.0697. The maximum absolute atomic E-state index is 14.0. The van der Waals surface area contributed by atoms with Crippen molar-refractivity contribution in [3.05, 3.63) is 83.4 Å². The Bertz CT molecular complexity index is 1300. The van der Waals surface area contributed by atoms with Gasteiger partial charge in [0.05, 0.1) is 19.8 Å². The number of carboxylic acids is 1. The molecular weight excluding hydrogens is 502 g/mol. The van der Waals surface area contributed by atoms with Gasteiger partial charge < -0.3 is 19.9 Å². The van der Waals surface area contributed by atoms with Crippen molar-refractivity contribution >= 4 is 21.5 Å². The number of rotatable bonds is 15. The zero-order valence-electron chi connectivity index (χ0n) is 22.3. The predicted octanol–water partition coefficient (Wildman–Crippen LogP) is 6.37. The first-order valence-electron chi connectivity index (χ1n) is 12.9. The maximum Gasteiger partial charge on any atom is 0.335 e. The molecule has 0 aliphatic rings. The molecule has 0 radical (unpaired) electrons. The standard InChI is InChI=1S/C30H37NO6S/c1-4-5-6-7-12-29(38(34,35)28-21-25(36-2)19-20-27(28)37-3)31-26-11-9-8-10-23(26)16-13-22-14-17-24(18-15-22)30(32)33/h8-11,14-15,17-21,29,31H,4-7,12-13,16H2,1-3H3,(H,32,33). The maximum atomic E-state index is 14.0. The molecule has 0 aromatic heterocycles.